The first-order valence-corrected chi connectivity index (χ1v) is 7.05. The molecule has 0 radical (unpaired) electrons. The summed E-state index contributed by atoms with van der Waals surface area (Å²) in [6.07, 6.45) is 5.18. The van der Waals surface area contributed by atoms with Crippen LogP contribution in [0.3, 0.4) is 0 Å². The van der Waals surface area contributed by atoms with Crippen LogP contribution < -0.4 is 0 Å². The van der Waals surface area contributed by atoms with Gasteiger partial charge >= 0.3 is 0 Å². The molecule has 0 aliphatic rings. The Labute approximate surface area is 125 Å². The highest BCUT2D eigenvalue weighted by Crippen LogP contribution is 2.30. The van der Waals surface area contributed by atoms with Crippen LogP contribution in [0.2, 0.25) is 0 Å². The van der Waals surface area contributed by atoms with Crippen LogP contribution in [0.5, 0.6) is 0 Å². The third-order valence-electron chi connectivity index (χ3n) is 2.94. The van der Waals surface area contributed by atoms with Crippen LogP contribution in [0.1, 0.15) is 6.92 Å². The molecule has 0 bridgehead atoms. The van der Waals surface area contributed by atoms with Crippen molar-refractivity contribution in [2.75, 3.05) is 0 Å². The molecule has 3 heterocycles. The number of nitrogens with zero attached hydrogens (tertiary/aromatic N) is 5. The van der Waals surface area contributed by atoms with E-state index in [9.17, 15) is 0 Å². The van der Waals surface area contributed by atoms with Gasteiger partial charge in [-0.25, -0.2) is 14.7 Å². The lowest BCUT2D eigenvalue weighted by Gasteiger charge is -2.03. The second kappa shape index (κ2) is 5.37. The normalized spacial score (nSPS) is 10.5. The third-order valence-corrected chi connectivity index (χ3v) is 3.73. The van der Waals surface area contributed by atoms with Crippen LogP contribution in [0.25, 0.3) is 21.8 Å². The van der Waals surface area contributed by atoms with E-state index in [-0.39, 0.29) is 5.84 Å². The first kappa shape index (κ1) is 13.3. The predicted octanol–water partition coefficient (Wildman–Crippen LogP) is 3.25. The zero-order valence-corrected chi connectivity index (χ0v) is 12.1. The number of hydrogen-bond donors (Lipinski definition) is 1. The van der Waals surface area contributed by atoms with E-state index >= 15 is 0 Å². The molecule has 0 spiro atoms. The number of hydrogen-bond acceptors (Lipinski definition) is 6. The molecule has 3 aromatic heterocycles. The van der Waals surface area contributed by atoms with Gasteiger partial charge < -0.3 is 0 Å². The average molecular weight is 296 g/mol. The number of aliphatic imine (C=N–C) groups is 1. The SMILES string of the molecule is C=Nc1c(-c2ccc(-c3nccs3)nc2)cnn1C(C)=N. The molecule has 0 unspecified atom stereocenters. The molecule has 3 rings (SSSR count). The summed E-state index contributed by atoms with van der Waals surface area (Å²) in [5, 5.41) is 14.6. The van der Waals surface area contributed by atoms with Gasteiger partial charge in [-0.05, 0) is 19.7 Å². The fourth-order valence-electron chi connectivity index (χ4n) is 1.97. The Morgan fingerprint density at radius 2 is 2.19 bits per heavy atom. The van der Waals surface area contributed by atoms with Crippen molar-refractivity contribution in [3.05, 3.63) is 36.1 Å². The molecule has 1 N–H and O–H groups in total. The van der Waals surface area contributed by atoms with Gasteiger partial charge in [0.05, 0.1) is 11.9 Å². The molecule has 21 heavy (non-hydrogen) atoms. The van der Waals surface area contributed by atoms with Crippen molar-refractivity contribution >= 4 is 29.7 Å². The molecule has 6 nitrogen and oxygen atoms in total. The van der Waals surface area contributed by atoms with Crippen molar-refractivity contribution in [1.29, 1.82) is 5.41 Å². The van der Waals surface area contributed by atoms with E-state index in [1.54, 1.807) is 36.9 Å². The molecular formula is C14H12N6S. The minimum absolute atomic E-state index is 0.288. The lowest BCUT2D eigenvalue weighted by molar-refractivity contribution is 0.918. The Kier molecular flexibility index (Phi) is 3.41. The van der Waals surface area contributed by atoms with E-state index in [2.05, 4.69) is 26.8 Å². The summed E-state index contributed by atoms with van der Waals surface area (Å²) >= 11 is 1.55. The summed E-state index contributed by atoms with van der Waals surface area (Å²) in [5.74, 6) is 0.835. The fraction of sp³-hybridized carbons (Fsp3) is 0.0714. The predicted molar refractivity (Wildman–Crippen MR) is 84.6 cm³/mol. The standard InChI is InChI=1S/C14H12N6S/c1-9(15)20-13(16-2)11(8-19-20)10-3-4-12(18-7-10)14-17-5-6-21-14/h3-8,15H,2H2,1H3. The molecule has 0 fully saturated rings. The van der Waals surface area contributed by atoms with Gasteiger partial charge in [-0.2, -0.15) is 5.10 Å². The van der Waals surface area contributed by atoms with Gasteiger partial charge in [0.1, 0.15) is 10.8 Å². The van der Waals surface area contributed by atoms with Crippen LogP contribution in [0.4, 0.5) is 5.82 Å². The van der Waals surface area contributed by atoms with Crippen LogP contribution in [-0.2, 0) is 0 Å². The Bertz CT molecular complexity index is 785. The summed E-state index contributed by atoms with van der Waals surface area (Å²) in [5.41, 5.74) is 2.51. The lowest BCUT2D eigenvalue weighted by Crippen LogP contribution is -2.06. The Morgan fingerprint density at radius 3 is 2.76 bits per heavy atom. The first-order valence-electron chi connectivity index (χ1n) is 6.17. The van der Waals surface area contributed by atoms with Gasteiger partial charge in [0.15, 0.2) is 5.82 Å². The second-order valence-corrected chi connectivity index (χ2v) is 5.20. The molecule has 0 aromatic carbocycles. The minimum Gasteiger partial charge on any atom is -0.287 e. The van der Waals surface area contributed by atoms with Gasteiger partial charge in [-0.1, -0.05) is 6.07 Å². The molecule has 3 aromatic rings. The number of thiazole rings is 1. The molecule has 7 heteroatoms. The van der Waals surface area contributed by atoms with E-state index in [1.807, 2.05) is 17.5 Å². The van der Waals surface area contributed by atoms with Crippen molar-refractivity contribution in [3.63, 3.8) is 0 Å². The molecule has 104 valence electrons. The summed E-state index contributed by atoms with van der Waals surface area (Å²) < 4.78 is 1.44. The maximum absolute atomic E-state index is 7.67. The van der Waals surface area contributed by atoms with Crippen molar-refractivity contribution in [2.45, 2.75) is 6.92 Å². The second-order valence-electron chi connectivity index (χ2n) is 4.31. The highest BCUT2D eigenvalue weighted by Gasteiger charge is 2.13. The first-order chi connectivity index (χ1) is 10.2. The van der Waals surface area contributed by atoms with Crippen molar-refractivity contribution in [3.8, 4) is 21.8 Å². The third kappa shape index (κ3) is 2.38. The molecule has 0 amide bonds. The maximum atomic E-state index is 7.67. The summed E-state index contributed by atoms with van der Waals surface area (Å²) in [6, 6.07) is 3.86. The highest BCUT2D eigenvalue weighted by molar-refractivity contribution is 7.13. The summed E-state index contributed by atoms with van der Waals surface area (Å²) in [4.78, 5) is 12.6. The number of aromatic nitrogens is 4. The quantitative estimate of drug-likeness (QED) is 0.595. The average Bonchev–Trinajstić information content (AvgIpc) is 3.16. The van der Waals surface area contributed by atoms with E-state index in [1.165, 1.54) is 4.68 Å². The smallest absolute Gasteiger partial charge is 0.164 e. The number of pyridine rings is 1. The zero-order valence-electron chi connectivity index (χ0n) is 11.3. The van der Waals surface area contributed by atoms with Gasteiger partial charge in [0.2, 0.25) is 0 Å². The fourth-order valence-corrected chi connectivity index (χ4v) is 2.59. The van der Waals surface area contributed by atoms with Crippen molar-refractivity contribution in [2.24, 2.45) is 4.99 Å². The molecular weight excluding hydrogens is 284 g/mol. The Morgan fingerprint density at radius 1 is 1.33 bits per heavy atom. The van der Waals surface area contributed by atoms with E-state index in [0.717, 1.165) is 21.8 Å². The Hall–Kier alpha value is -2.67. The van der Waals surface area contributed by atoms with Crippen LogP contribution in [0.15, 0.2) is 41.1 Å². The molecule has 0 saturated heterocycles. The van der Waals surface area contributed by atoms with Crippen molar-refractivity contribution < 1.29 is 0 Å². The topological polar surface area (TPSA) is 79.8 Å². The molecule has 0 saturated carbocycles. The summed E-state index contributed by atoms with van der Waals surface area (Å²) in [7, 11) is 0. The summed E-state index contributed by atoms with van der Waals surface area (Å²) in [6.45, 7) is 5.20. The largest absolute Gasteiger partial charge is 0.287 e. The highest BCUT2D eigenvalue weighted by atomic mass is 32.1. The van der Waals surface area contributed by atoms with Gasteiger partial charge in [-0.3, -0.25) is 10.4 Å². The number of nitrogens with one attached hydrogen (secondary N) is 1. The minimum atomic E-state index is 0.288. The van der Waals surface area contributed by atoms with E-state index < -0.39 is 0 Å². The molecule has 0 aliphatic heterocycles. The van der Waals surface area contributed by atoms with E-state index in [0.29, 0.717) is 5.82 Å². The lowest BCUT2D eigenvalue weighted by atomic mass is 10.1. The zero-order chi connectivity index (χ0) is 14.8. The molecule has 0 atom stereocenters. The Balaban J connectivity index is 2.02. The molecule has 0 aliphatic carbocycles. The van der Waals surface area contributed by atoms with Crippen LogP contribution in [-0.4, -0.2) is 32.3 Å². The van der Waals surface area contributed by atoms with Gasteiger partial charge in [0, 0.05) is 28.9 Å². The van der Waals surface area contributed by atoms with Crippen LogP contribution in [0, 0.1) is 5.41 Å². The number of rotatable bonds is 3. The van der Waals surface area contributed by atoms with Crippen LogP contribution >= 0.6 is 11.3 Å². The maximum Gasteiger partial charge on any atom is 0.164 e. The van der Waals surface area contributed by atoms with Gasteiger partial charge in [-0.15, -0.1) is 11.3 Å². The monoisotopic (exact) mass is 296 g/mol. The van der Waals surface area contributed by atoms with Gasteiger partial charge in [0.25, 0.3) is 0 Å². The van der Waals surface area contributed by atoms with E-state index in [4.69, 9.17) is 5.41 Å². The van der Waals surface area contributed by atoms with Crippen molar-refractivity contribution in [1.82, 2.24) is 19.7 Å².